The molecule has 4 heteroatoms. The van der Waals surface area contributed by atoms with Gasteiger partial charge in [0.05, 0.1) is 26.7 Å². The molecule has 0 radical (unpaired) electrons. The monoisotopic (exact) mass is 300 g/mol. The minimum atomic E-state index is -0.242. The highest BCUT2D eigenvalue weighted by Gasteiger charge is 2.13. The summed E-state index contributed by atoms with van der Waals surface area (Å²) >= 11 is 3.37. The van der Waals surface area contributed by atoms with Gasteiger partial charge in [-0.25, -0.2) is 4.79 Å². The van der Waals surface area contributed by atoms with Crippen molar-refractivity contribution in [3.8, 4) is 0 Å². The Balaban J connectivity index is 2.58. The lowest BCUT2D eigenvalue weighted by atomic mass is 10.1. The smallest absolute Gasteiger partial charge is 0.338 e. The number of halogens is 1. The number of rotatable bonds is 5. The number of hydrogen-bond donors (Lipinski definition) is 0. The zero-order chi connectivity index (χ0) is 12.9. The van der Waals surface area contributed by atoms with Crippen LogP contribution in [0.4, 0.5) is 0 Å². The molecular weight excluding hydrogens is 282 g/mol. The summed E-state index contributed by atoms with van der Waals surface area (Å²) in [6.45, 7) is 1.25. The second-order valence-corrected chi connectivity index (χ2v) is 5.50. The predicted octanol–water partition coefficient (Wildman–Crippen LogP) is 2.44. The van der Waals surface area contributed by atoms with Gasteiger partial charge in [0.15, 0.2) is 0 Å². The molecule has 0 aliphatic heterocycles. The lowest BCUT2D eigenvalue weighted by Gasteiger charge is -2.23. The molecule has 1 rings (SSSR count). The van der Waals surface area contributed by atoms with Gasteiger partial charge in [-0.05, 0) is 11.6 Å². The average molecular weight is 301 g/mol. The van der Waals surface area contributed by atoms with Gasteiger partial charge < -0.3 is 9.22 Å². The van der Waals surface area contributed by atoms with E-state index >= 15 is 0 Å². The van der Waals surface area contributed by atoms with Crippen LogP contribution in [0.1, 0.15) is 15.9 Å². The van der Waals surface area contributed by atoms with Crippen LogP contribution in [-0.4, -0.2) is 44.7 Å². The van der Waals surface area contributed by atoms with Crippen LogP contribution in [0.15, 0.2) is 24.3 Å². The van der Waals surface area contributed by atoms with Gasteiger partial charge in [-0.3, -0.25) is 0 Å². The zero-order valence-corrected chi connectivity index (χ0v) is 12.2. The van der Waals surface area contributed by atoms with Crippen molar-refractivity contribution in [2.24, 2.45) is 0 Å². The Hall–Kier alpha value is -0.870. The molecule has 17 heavy (non-hydrogen) atoms. The predicted molar refractivity (Wildman–Crippen MR) is 72.3 cm³/mol. The molecule has 94 valence electrons. The van der Waals surface area contributed by atoms with Crippen LogP contribution >= 0.6 is 15.9 Å². The molecule has 1 aromatic carbocycles. The highest BCUT2D eigenvalue weighted by Crippen LogP contribution is 2.13. The second-order valence-electron chi connectivity index (χ2n) is 4.94. The van der Waals surface area contributed by atoms with E-state index in [2.05, 4.69) is 37.1 Å². The normalized spacial score (nSPS) is 11.3. The molecule has 0 unspecified atom stereocenters. The molecule has 0 saturated carbocycles. The van der Waals surface area contributed by atoms with Gasteiger partial charge in [-0.15, -0.1) is 0 Å². The number of carbonyl (C=O) groups excluding carboxylic acids is 1. The lowest BCUT2D eigenvalue weighted by Crippen LogP contribution is -2.38. The number of esters is 1. The van der Waals surface area contributed by atoms with E-state index in [1.165, 1.54) is 0 Å². The van der Waals surface area contributed by atoms with E-state index in [9.17, 15) is 4.79 Å². The third-order valence-corrected chi connectivity index (χ3v) is 2.98. The fraction of sp³-hybridized carbons (Fsp3) is 0.462. The summed E-state index contributed by atoms with van der Waals surface area (Å²) < 4.78 is 6.06. The molecule has 0 aliphatic carbocycles. The summed E-state index contributed by atoms with van der Waals surface area (Å²) in [6, 6.07) is 7.48. The molecule has 0 aromatic heterocycles. The second kappa shape index (κ2) is 6.17. The summed E-state index contributed by atoms with van der Waals surface area (Å²) in [4.78, 5) is 11.9. The molecule has 0 fully saturated rings. The Morgan fingerprint density at radius 2 is 1.94 bits per heavy atom. The van der Waals surface area contributed by atoms with Crippen LogP contribution in [0.5, 0.6) is 0 Å². The zero-order valence-electron chi connectivity index (χ0n) is 10.6. The van der Waals surface area contributed by atoms with Crippen LogP contribution in [0, 0.1) is 0 Å². The number of benzene rings is 1. The van der Waals surface area contributed by atoms with Gasteiger partial charge in [0, 0.05) is 5.33 Å². The molecule has 3 nitrogen and oxygen atoms in total. The summed E-state index contributed by atoms with van der Waals surface area (Å²) in [5, 5.41) is 0.660. The Kier molecular flexibility index (Phi) is 5.15. The number of hydrogen-bond acceptors (Lipinski definition) is 2. The maximum absolute atomic E-state index is 11.9. The molecule has 0 saturated heterocycles. The first kappa shape index (κ1) is 14.2. The van der Waals surface area contributed by atoms with Gasteiger partial charge in [0.1, 0.15) is 13.2 Å². The SMILES string of the molecule is C[N+](C)(C)CCOC(=O)c1ccccc1CBr. The van der Waals surface area contributed by atoms with Crippen molar-refractivity contribution in [1.29, 1.82) is 0 Å². The molecular formula is C13H19BrNO2+. The van der Waals surface area contributed by atoms with E-state index in [0.717, 1.165) is 16.6 Å². The van der Waals surface area contributed by atoms with Crippen molar-refractivity contribution in [3.63, 3.8) is 0 Å². The number of quaternary nitrogens is 1. The van der Waals surface area contributed by atoms with Crippen LogP contribution < -0.4 is 0 Å². The maximum atomic E-state index is 11.9. The van der Waals surface area contributed by atoms with Crippen molar-refractivity contribution >= 4 is 21.9 Å². The summed E-state index contributed by atoms with van der Waals surface area (Å²) in [5.41, 5.74) is 1.61. The molecule has 0 heterocycles. The molecule has 0 aliphatic rings. The van der Waals surface area contributed by atoms with Gasteiger partial charge in [0.25, 0.3) is 0 Å². The average Bonchev–Trinajstić information content (AvgIpc) is 2.27. The molecule has 0 amide bonds. The number of carbonyl (C=O) groups is 1. The molecule has 0 spiro atoms. The van der Waals surface area contributed by atoms with Crippen LogP contribution in [-0.2, 0) is 10.1 Å². The van der Waals surface area contributed by atoms with E-state index < -0.39 is 0 Å². The third kappa shape index (κ3) is 4.88. The summed E-state index contributed by atoms with van der Waals surface area (Å²) in [6.07, 6.45) is 0. The van der Waals surface area contributed by atoms with E-state index in [1.807, 2.05) is 18.2 Å². The van der Waals surface area contributed by atoms with Crippen LogP contribution in [0.3, 0.4) is 0 Å². The Bertz CT molecular complexity index is 385. The Morgan fingerprint density at radius 1 is 1.29 bits per heavy atom. The van der Waals surface area contributed by atoms with E-state index in [-0.39, 0.29) is 5.97 Å². The number of nitrogens with zero attached hydrogens (tertiary/aromatic N) is 1. The maximum Gasteiger partial charge on any atom is 0.338 e. The van der Waals surface area contributed by atoms with Gasteiger partial charge >= 0.3 is 5.97 Å². The quantitative estimate of drug-likeness (QED) is 0.474. The first-order valence-corrected chi connectivity index (χ1v) is 6.67. The van der Waals surface area contributed by atoms with Crippen LogP contribution in [0.25, 0.3) is 0 Å². The number of alkyl halides is 1. The van der Waals surface area contributed by atoms with E-state index in [1.54, 1.807) is 6.07 Å². The van der Waals surface area contributed by atoms with Crippen molar-refractivity contribution in [2.75, 3.05) is 34.3 Å². The Morgan fingerprint density at radius 3 is 2.53 bits per heavy atom. The fourth-order valence-electron chi connectivity index (χ4n) is 1.33. The number of likely N-dealkylation sites (N-methyl/N-ethyl adjacent to an activating group) is 1. The summed E-state index contributed by atoms with van der Waals surface area (Å²) in [7, 11) is 6.21. The lowest BCUT2D eigenvalue weighted by molar-refractivity contribution is -0.870. The molecule has 0 N–H and O–H groups in total. The fourth-order valence-corrected chi connectivity index (χ4v) is 1.81. The highest BCUT2D eigenvalue weighted by atomic mass is 79.9. The van der Waals surface area contributed by atoms with Crippen molar-refractivity contribution in [1.82, 2.24) is 0 Å². The van der Waals surface area contributed by atoms with Crippen LogP contribution in [0.2, 0.25) is 0 Å². The van der Waals surface area contributed by atoms with Gasteiger partial charge in [0.2, 0.25) is 0 Å². The van der Waals surface area contributed by atoms with Crippen molar-refractivity contribution < 1.29 is 14.0 Å². The van der Waals surface area contributed by atoms with Crippen molar-refractivity contribution in [2.45, 2.75) is 5.33 Å². The van der Waals surface area contributed by atoms with Gasteiger partial charge in [-0.1, -0.05) is 34.1 Å². The van der Waals surface area contributed by atoms with E-state index in [4.69, 9.17) is 4.74 Å². The standard InChI is InChI=1S/C13H19BrNO2/c1-15(2,3)8-9-17-13(16)12-7-5-4-6-11(12)10-14/h4-7H,8-10H2,1-3H3/q+1. The van der Waals surface area contributed by atoms with E-state index in [0.29, 0.717) is 17.5 Å². The molecule has 0 atom stereocenters. The largest absolute Gasteiger partial charge is 0.456 e. The first-order chi connectivity index (χ1) is 7.94. The third-order valence-electron chi connectivity index (χ3n) is 2.38. The molecule has 1 aromatic rings. The number of ether oxygens (including phenoxy) is 1. The Labute approximate surface area is 111 Å². The minimum absolute atomic E-state index is 0.242. The minimum Gasteiger partial charge on any atom is -0.456 e. The van der Waals surface area contributed by atoms with Gasteiger partial charge in [-0.2, -0.15) is 0 Å². The summed E-state index contributed by atoms with van der Waals surface area (Å²) in [5.74, 6) is -0.242. The van der Waals surface area contributed by atoms with Crippen molar-refractivity contribution in [3.05, 3.63) is 35.4 Å². The topological polar surface area (TPSA) is 26.3 Å². The first-order valence-electron chi connectivity index (χ1n) is 5.55. The molecule has 0 bridgehead atoms. The highest BCUT2D eigenvalue weighted by molar-refractivity contribution is 9.08.